The molecule has 9 heteroatoms. The third kappa shape index (κ3) is 4.80. The Morgan fingerprint density at radius 1 is 1.40 bits per heavy atom. The SMILES string of the molecule is CC(C(=O)O)N1C(=O)/C(=C/c2cccc(OCCC(=O)O)c2)SC1=S. The summed E-state index contributed by atoms with van der Waals surface area (Å²) in [4.78, 5) is 35.4. The van der Waals surface area contributed by atoms with E-state index in [1.807, 2.05) is 0 Å². The van der Waals surface area contributed by atoms with Crippen molar-refractivity contribution in [2.24, 2.45) is 0 Å². The molecule has 1 unspecified atom stereocenters. The average Bonchev–Trinajstić information content (AvgIpc) is 2.80. The van der Waals surface area contributed by atoms with E-state index in [2.05, 4.69) is 0 Å². The number of carboxylic acid groups (broad SMARTS) is 2. The summed E-state index contributed by atoms with van der Waals surface area (Å²) in [5, 5.41) is 17.7. The molecule has 1 aliphatic heterocycles. The number of thioether (sulfide) groups is 1. The number of carboxylic acids is 2. The first-order valence-electron chi connectivity index (χ1n) is 7.24. The van der Waals surface area contributed by atoms with E-state index < -0.39 is 23.9 Å². The minimum Gasteiger partial charge on any atom is -0.493 e. The number of aliphatic carboxylic acids is 2. The Hall–Kier alpha value is -2.39. The molecule has 0 bridgehead atoms. The first kappa shape index (κ1) is 18.9. The quantitative estimate of drug-likeness (QED) is 0.547. The Bertz CT molecular complexity index is 761. The third-order valence-corrected chi connectivity index (χ3v) is 4.64. The van der Waals surface area contributed by atoms with Crippen LogP contribution in [-0.2, 0) is 14.4 Å². The summed E-state index contributed by atoms with van der Waals surface area (Å²) in [6, 6.07) is 5.76. The van der Waals surface area contributed by atoms with Crippen LogP contribution in [0.1, 0.15) is 18.9 Å². The zero-order chi connectivity index (χ0) is 18.6. The summed E-state index contributed by atoms with van der Waals surface area (Å²) >= 11 is 6.13. The van der Waals surface area contributed by atoms with Crippen molar-refractivity contribution in [2.75, 3.05) is 6.61 Å². The molecule has 1 fully saturated rings. The van der Waals surface area contributed by atoms with E-state index in [4.69, 9.17) is 27.2 Å². The number of amides is 1. The Balaban J connectivity index is 2.15. The van der Waals surface area contributed by atoms with Crippen LogP contribution in [0.3, 0.4) is 0 Å². The summed E-state index contributed by atoms with van der Waals surface area (Å²) < 4.78 is 5.54. The largest absolute Gasteiger partial charge is 0.493 e. The highest BCUT2D eigenvalue weighted by atomic mass is 32.2. The molecule has 1 aromatic carbocycles. The predicted octanol–water partition coefficient (Wildman–Crippen LogP) is 2.21. The molecule has 1 aromatic rings. The van der Waals surface area contributed by atoms with Gasteiger partial charge in [-0.3, -0.25) is 14.5 Å². The lowest BCUT2D eigenvalue weighted by Gasteiger charge is -2.18. The lowest BCUT2D eigenvalue weighted by Crippen LogP contribution is -2.41. The fraction of sp³-hybridized carbons (Fsp3) is 0.250. The number of carbonyl (C=O) groups is 3. The Morgan fingerprint density at radius 2 is 2.12 bits per heavy atom. The van der Waals surface area contributed by atoms with E-state index in [1.54, 1.807) is 30.3 Å². The number of ether oxygens (including phenoxy) is 1. The van der Waals surface area contributed by atoms with Crippen LogP contribution >= 0.6 is 24.0 Å². The zero-order valence-corrected chi connectivity index (χ0v) is 14.8. The number of rotatable bonds is 7. The van der Waals surface area contributed by atoms with Gasteiger partial charge in [0.05, 0.1) is 17.9 Å². The monoisotopic (exact) mass is 381 g/mol. The van der Waals surface area contributed by atoms with Gasteiger partial charge in [-0.15, -0.1) is 0 Å². The first-order chi connectivity index (χ1) is 11.8. The molecule has 2 rings (SSSR count). The molecule has 1 saturated heterocycles. The molecule has 1 amide bonds. The molecule has 0 spiro atoms. The topological polar surface area (TPSA) is 104 Å². The van der Waals surface area contributed by atoms with Gasteiger partial charge in [0.2, 0.25) is 0 Å². The van der Waals surface area contributed by atoms with Crippen LogP contribution in [-0.4, -0.2) is 49.9 Å². The zero-order valence-electron chi connectivity index (χ0n) is 13.2. The van der Waals surface area contributed by atoms with Crippen molar-refractivity contribution in [2.45, 2.75) is 19.4 Å². The molecule has 0 aliphatic carbocycles. The molecule has 1 atom stereocenters. The predicted molar refractivity (Wildman–Crippen MR) is 96.3 cm³/mol. The number of carbonyl (C=O) groups excluding carboxylic acids is 1. The van der Waals surface area contributed by atoms with Crippen LogP contribution in [0.5, 0.6) is 5.75 Å². The van der Waals surface area contributed by atoms with Gasteiger partial charge >= 0.3 is 11.9 Å². The normalized spacial score (nSPS) is 17.0. The van der Waals surface area contributed by atoms with Gasteiger partial charge in [0.1, 0.15) is 16.1 Å². The molecule has 2 N–H and O–H groups in total. The van der Waals surface area contributed by atoms with Crippen molar-refractivity contribution in [1.82, 2.24) is 4.90 Å². The van der Waals surface area contributed by atoms with E-state index in [0.717, 1.165) is 16.7 Å². The first-order valence-corrected chi connectivity index (χ1v) is 8.46. The highest BCUT2D eigenvalue weighted by molar-refractivity contribution is 8.26. The molecule has 0 aromatic heterocycles. The molecule has 1 heterocycles. The average molecular weight is 381 g/mol. The highest BCUT2D eigenvalue weighted by Crippen LogP contribution is 2.34. The Morgan fingerprint density at radius 3 is 2.76 bits per heavy atom. The number of benzene rings is 1. The maximum Gasteiger partial charge on any atom is 0.326 e. The number of nitrogens with zero attached hydrogens (tertiary/aromatic N) is 1. The fourth-order valence-corrected chi connectivity index (χ4v) is 3.44. The van der Waals surface area contributed by atoms with Crippen LogP contribution in [0, 0.1) is 0 Å². The Kier molecular flexibility index (Phi) is 6.16. The third-order valence-electron chi connectivity index (χ3n) is 3.31. The number of thiocarbonyl (C=S) groups is 1. The summed E-state index contributed by atoms with van der Waals surface area (Å²) in [5.74, 6) is -2.06. The summed E-state index contributed by atoms with van der Waals surface area (Å²) in [5.41, 5.74) is 0.663. The van der Waals surface area contributed by atoms with Crippen LogP contribution in [0.25, 0.3) is 6.08 Å². The van der Waals surface area contributed by atoms with E-state index in [1.165, 1.54) is 6.92 Å². The summed E-state index contributed by atoms with van der Waals surface area (Å²) in [6.45, 7) is 1.43. The van der Waals surface area contributed by atoms with Gasteiger partial charge in [-0.05, 0) is 30.7 Å². The van der Waals surface area contributed by atoms with Crippen molar-refractivity contribution >= 4 is 52.2 Å². The van der Waals surface area contributed by atoms with Gasteiger partial charge < -0.3 is 14.9 Å². The van der Waals surface area contributed by atoms with E-state index in [9.17, 15) is 14.4 Å². The highest BCUT2D eigenvalue weighted by Gasteiger charge is 2.38. The molecular weight excluding hydrogens is 366 g/mol. The van der Waals surface area contributed by atoms with Gasteiger partial charge in [0.25, 0.3) is 5.91 Å². The summed E-state index contributed by atoms with van der Waals surface area (Å²) in [6.07, 6.45) is 1.48. The second-order valence-corrected chi connectivity index (χ2v) is 6.81. The minimum atomic E-state index is -1.13. The van der Waals surface area contributed by atoms with E-state index >= 15 is 0 Å². The van der Waals surface area contributed by atoms with Crippen molar-refractivity contribution in [3.63, 3.8) is 0 Å². The molecule has 132 valence electrons. The van der Waals surface area contributed by atoms with Crippen LogP contribution in [0.2, 0.25) is 0 Å². The van der Waals surface area contributed by atoms with Crippen molar-refractivity contribution in [3.05, 3.63) is 34.7 Å². The summed E-state index contributed by atoms with van der Waals surface area (Å²) in [7, 11) is 0. The number of hydrogen-bond acceptors (Lipinski definition) is 6. The molecule has 0 radical (unpaired) electrons. The molecule has 0 saturated carbocycles. The lowest BCUT2D eigenvalue weighted by atomic mass is 10.2. The second-order valence-electron chi connectivity index (χ2n) is 5.13. The van der Waals surface area contributed by atoms with E-state index in [0.29, 0.717) is 16.2 Å². The second kappa shape index (κ2) is 8.13. The van der Waals surface area contributed by atoms with Crippen molar-refractivity contribution in [3.8, 4) is 5.75 Å². The van der Waals surface area contributed by atoms with Gasteiger partial charge in [-0.1, -0.05) is 36.1 Å². The van der Waals surface area contributed by atoms with Gasteiger partial charge in [-0.2, -0.15) is 0 Å². The maximum atomic E-state index is 12.4. The van der Waals surface area contributed by atoms with Crippen molar-refractivity contribution in [1.29, 1.82) is 0 Å². The smallest absolute Gasteiger partial charge is 0.326 e. The minimum absolute atomic E-state index is 0.0387. The number of hydrogen-bond donors (Lipinski definition) is 2. The van der Waals surface area contributed by atoms with Crippen LogP contribution in [0.4, 0.5) is 0 Å². The lowest BCUT2D eigenvalue weighted by molar-refractivity contribution is -0.144. The van der Waals surface area contributed by atoms with E-state index in [-0.39, 0.29) is 17.3 Å². The fourth-order valence-electron chi connectivity index (χ4n) is 2.03. The van der Waals surface area contributed by atoms with Gasteiger partial charge in [-0.25, -0.2) is 4.79 Å². The molecule has 7 nitrogen and oxygen atoms in total. The molecule has 25 heavy (non-hydrogen) atoms. The van der Waals surface area contributed by atoms with Gasteiger partial charge in [0.15, 0.2) is 0 Å². The molecule has 1 aliphatic rings. The maximum absolute atomic E-state index is 12.4. The molecular formula is C16H15NO6S2. The van der Waals surface area contributed by atoms with Crippen molar-refractivity contribution < 1.29 is 29.3 Å². The Labute approximate surface area is 153 Å². The van der Waals surface area contributed by atoms with Gasteiger partial charge in [0, 0.05) is 0 Å². The van der Waals surface area contributed by atoms with Crippen LogP contribution in [0.15, 0.2) is 29.2 Å². The van der Waals surface area contributed by atoms with Crippen LogP contribution < -0.4 is 4.74 Å². The standard InChI is InChI=1S/C16H15NO6S2/c1-9(15(21)22)17-14(20)12(25-16(17)24)8-10-3-2-4-11(7-10)23-6-5-13(18)19/h2-4,7-9H,5-6H2,1H3,(H,18,19)(H,21,22)/b12-8-.